The van der Waals surface area contributed by atoms with Gasteiger partial charge in [-0.1, -0.05) is 12.1 Å². The van der Waals surface area contributed by atoms with E-state index in [9.17, 15) is 33.9 Å². The largest absolute Gasteiger partial charge is 0.508 e. The number of halogens is 1. The quantitative estimate of drug-likeness (QED) is 0.136. The van der Waals surface area contributed by atoms with Crippen molar-refractivity contribution < 1.29 is 47.7 Å². The number of aromatic hydroxyl groups is 1. The molecule has 19 nitrogen and oxygen atoms in total. The van der Waals surface area contributed by atoms with Gasteiger partial charge < -0.3 is 61.6 Å². The Labute approximate surface area is 376 Å². The van der Waals surface area contributed by atoms with E-state index in [2.05, 4.69) is 31.5 Å². The fourth-order valence-electron chi connectivity index (χ4n) is 8.45. The Morgan fingerprint density at radius 2 is 1.71 bits per heavy atom. The molecule has 2 unspecified atom stereocenters. The van der Waals surface area contributed by atoms with Crippen molar-refractivity contribution in [2.75, 3.05) is 101 Å². The number of likely N-dealkylation sites (N-methyl/N-ethyl adjacent to an activating group) is 2. The zero-order valence-electron chi connectivity index (χ0n) is 36.8. The number of phenols is 1. The molecule has 3 aromatic carbocycles. The van der Waals surface area contributed by atoms with Gasteiger partial charge in [0.1, 0.15) is 36.4 Å². The maximum atomic E-state index is 15.9. The Balaban J connectivity index is 0.989. The first-order valence-corrected chi connectivity index (χ1v) is 21.8. The smallest absolute Gasteiger partial charge is 0.255 e. The number of ether oxygens (including phenoxy) is 2. The number of ketones is 1. The number of rotatable bonds is 11. The number of hydrogen-bond acceptors (Lipinski definition) is 14. The minimum absolute atomic E-state index is 0.0394. The minimum atomic E-state index is -0.913. The number of carbonyl (C=O) groups excluding carboxylic acids is 6. The predicted molar refractivity (Wildman–Crippen MR) is 239 cm³/mol. The van der Waals surface area contributed by atoms with E-state index < -0.39 is 60.0 Å². The second-order valence-electron chi connectivity index (χ2n) is 17.0. The first-order valence-electron chi connectivity index (χ1n) is 21.8. The number of nitrogens with two attached hydrogens (primary N) is 1. The van der Waals surface area contributed by atoms with Gasteiger partial charge >= 0.3 is 0 Å². The van der Waals surface area contributed by atoms with Crippen molar-refractivity contribution in [3.8, 4) is 17.2 Å². The van der Waals surface area contributed by atoms with E-state index in [0.717, 1.165) is 18.7 Å². The van der Waals surface area contributed by atoms with E-state index >= 15 is 4.39 Å². The zero-order valence-corrected chi connectivity index (χ0v) is 36.8. The van der Waals surface area contributed by atoms with E-state index in [-0.39, 0.29) is 92.2 Å². The summed E-state index contributed by atoms with van der Waals surface area (Å²) in [6, 6.07) is 9.68. The number of phenolic OH excluding ortho intramolecular Hbond substituents is 1. The molecule has 0 spiro atoms. The summed E-state index contributed by atoms with van der Waals surface area (Å²) in [4.78, 5) is 87.8. The molecule has 7 rings (SSSR count). The molecule has 0 aromatic heterocycles. The number of piperazine rings is 1. The van der Waals surface area contributed by atoms with Crippen molar-refractivity contribution >= 4 is 52.4 Å². The van der Waals surface area contributed by atoms with Crippen LogP contribution in [-0.2, 0) is 25.6 Å². The van der Waals surface area contributed by atoms with Crippen LogP contribution in [0.25, 0.3) is 0 Å². The monoisotopic (exact) mass is 900 g/mol. The van der Waals surface area contributed by atoms with Gasteiger partial charge in [0.05, 0.1) is 42.5 Å². The van der Waals surface area contributed by atoms with Gasteiger partial charge in [-0.15, -0.1) is 0 Å². The highest BCUT2D eigenvalue weighted by Crippen LogP contribution is 2.48. The summed E-state index contributed by atoms with van der Waals surface area (Å²) in [5, 5.41) is 23.3. The first-order chi connectivity index (χ1) is 31.2. The average Bonchev–Trinajstić information content (AvgIpc) is 3.27. The molecule has 1 fully saturated rings. The molecule has 20 heteroatoms. The van der Waals surface area contributed by atoms with E-state index in [1.807, 2.05) is 23.8 Å². The summed E-state index contributed by atoms with van der Waals surface area (Å²) < 4.78 is 28.1. The number of amides is 5. The highest BCUT2D eigenvalue weighted by molar-refractivity contribution is 6.10. The van der Waals surface area contributed by atoms with Crippen LogP contribution in [0.2, 0.25) is 0 Å². The third kappa shape index (κ3) is 11.1. The van der Waals surface area contributed by atoms with Gasteiger partial charge in [0.15, 0.2) is 17.3 Å². The predicted octanol–water partition coefficient (Wildman–Crippen LogP) is 0.195. The molecule has 5 amide bonds. The van der Waals surface area contributed by atoms with E-state index in [1.54, 1.807) is 24.1 Å². The van der Waals surface area contributed by atoms with Gasteiger partial charge in [-0.2, -0.15) is 0 Å². The number of nitrogens with one attached hydrogen (secondary N) is 5. The summed E-state index contributed by atoms with van der Waals surface area (Å²) in [5.41, 5.74) is 7.90. The zero-order chi connectivity index (χ0) is 46.4. The molecule has 0 aliphatic carbocycles. The molecule has 8 N–H and O–H groups in total. The van der Waals surface area contributed by atoms with Crippen LogP contribution in [0.1, 0.15) is 46.0 Å². The number of fused-ring (bicyclic) bond motifs is 1. The number of carbonyl (C=O) groups is 6. The lowest BCUT2D eigenvalue weighted by atomic mass is 9.91. The second kappa shape index (κ2) is 20.5. The van der Waals surface area contributed by atoms with E-state index in [1.165, 1.54) is 36.4 Å². The highest BCUT2D eigenvalue weighted by atomic mass is 19.1. The van der Waals surface area contributed by atoms with Crippen LogP contribution in [0.4, 0.5) is 21.5 Å². The Kier molecular flexibility index (Phi) is 14.7. The average molecular weight is 901 g/mol. The van der Waals surface area contributed by atoms with Crippen molar-refractivity contribution in [3.05, 3.63) is 71.0 Å². The molecule has 348 valence electrons. The van der Waals surface area contributed by atoms with Crippen molar-refractivity contribution in [1.29, 1.82) is 0 Å². The van der Waals surface area contributed by atoms with Crippen molar-refractivity contribution in [2.24, 2.45) is 5.73 Å². The topological polar surface area (TPSA) is 240 Å². The molecule has 0 saturated carbocycles. The number of anilines is 3. The van der Waals surface area contributed by atoms with Crippen LogP contribution in [-0.4, -0.2) is 161 Å². The maximum absolute atomic E-state index is 15.9. The van der Waals surface area contributed by atoms with Gasteiger partial charge in [-0.25, -0.2) is 4.39 Å². The van der Waals surface area contributed by atoms with Crippen LogP contribution >= 0.6 is 0 Å². The third-order valence-corrected chi connectivity index (χ3v) is 12.1. The molecule has 0 radical (unpaired) electrons. The lowest BCUT2D eigenvalue weighted by molar-refractivity contribution is -0.129. The minimum Gasteiger partial charge on any atom is -0.508 e. The van der Waals surface area contributed by atoms with Crippen LogP contribution in [0.15, 0.2) is 48.5 Å². The molecular formula is C45H57FN10O9. The van der Waals surface area contributed by atoms with Crippen molar-refractivity contribution in [1.82, 2.24) is 31.1 Å². The SMILES string of the molecule is CC1COc2c(N3CCN(C)CC3)c(F)cc3c2N1CC(N(C)CC(=O)NCC(=O)Nc1ccc2c(c1)C(=O)NCCC(=O)N[C@@H](CCN)C(=O)N[C@H](Cc1ccc(O)cc1)CO2)C3=O. The van der Waals surface area contributed by atoms with E-state index in [0.29, 0.717) is 36.8 Å². The summed E-state index contributed by atoms with van der Waals surface area (Å²) in [7, 11) is 3.65. The molecule has 4 heterocycles. The summed E-state index contributed by atoms with van der Waals surface area (Å²) in [5.74, 6) is -2.93. The maximum Gasteiger partial charge on any atom is 0.255 e. The van der Waals surface area contributed by atoms with Crippen LogP contribution in [0.5, 0.6) is 17.2 Å². The standard InChI is InChI=1S/C45H57FN10O9/c1-26-24-65-43-40-32(20-33(46)41(43)55-16-14-53(2)15-17-55)42(61)35(22-56(26)40)54(3)23-39(60)49-21-38(59)50-28-6-9-36-31(19-28)44(62)48-13-11-37(58)52-34(10-12-47)45(63)51-29(25-64-36)18-27-4-7-30(57)8-5-27/h4-9,19-20,26,29,34-35,57H,10-18,21-25,47H2,1-3H3,(H,48,62)(H,49,60)(H,50,59)(H,51,63)(H,52,58)/t26?,29-,34+,35?/m1/s1. The Morgan fingerprint density at radius 3 is 2.45 bits per heavy atom. The number of nitrogens with zero attached hydrogens (tertiary/aromatic N) is 4. The summed E-state index contributed by atoms with van der Waals surface area (Å²) in [6.45, 7) is 4.62. The van der Waals surface area contributed by atoms with Crippen LogP contribution < -0.4 is 51.6 Å². The van der Waals surface area contributed by atoms with Crippen LogP contribution in [0, 0.1) is 5.82 Å². The highest BCUT2D eigenvalue weighted by Gasteiger charge is 2.43. The van der Waals surface area contributed by atoms with Gasteiger partial charge in [0, 0.05) is 56.9 Å². The van der Waals surface area contributed by atoms with Crippen molar-refractivity contribution in [3.63, 3.8) is 0 Å². The molecule has 0 bridgehead atoms. The fourth-order valence-corrected chi connectivity index (χ4v) is 8.45. The molecule has 65 heavy (non-hydrogen) atoms. The van der Waals surface area contributed by atoms with Crippen LogP contribution in [0.3, 0.4) is 0 Å². The molecule has 3 aromatic rings. The summed E-state index contributed by atoms with van der Waals surface area (Å²) >= 11 is 0. The van der Waals surface area contributed by atoms with E-state index in [4.69, 9.17) is 15.2 Å². The molecule has 4 atom stereocenters. The summed E-state index contributed by atoms with van der Waals surface area (Å²) in [6.07, 6.45) is 0.330. The first kappa shape index (κ1) is 46.5. The normalized spacial score (nSPS) is 21.7. The van der Waals surface area contributed by atoms with Gasteiger partial charge in [-0.05, 0) is 82.4 Å². The number of benzene rings is 3. The lowest BCUT2D eigenvalue weighted by Gasteiger charge is -2.46. The van der Waals surface area contributed by atoms with Crippen molar-refractivity contribution in [2.45, 2.75) is 50.4 Å². The lowest BCUT2D eigenvalue weighted by Crippen LogP contribution is -2.57. The molecule has 4 aliphatic heterocycles. The Morgan fingerprint density at radius 1 is 0.954 bits per heavy atom. The van der Waals surface area contributed by atoms with Gasteiger partial charge in [0.2, 0.25) is 23.6 Å². The fraction of sp³-hybridized carbons (Fsp3) is 0.467. The number of hydrogen-bond donors (Lipinski definition) is 7. The van der Waals surface area contributed by atoms with Gasteiger partial charge in [0.25, 0.3) is 5.91 Å². The molecule has 1 saturated heterocycles. The Hall–Kier alpha value is -6.51. The molecule has 4 aliphatic rings. The third-order valence-electron chi connectivity index (χ3n) is 12.1. The van der Waals surface area contributed by atoms with Gasteiger partial charge in [-0.3, -0.25) is 33.7 Å². The number of Topliss-reactive ketones (excluding diaryl/α,β-unsaturated/α-hetero) is 1. The second-order valence-corrected chi connectivity index (χ2v) is 17.0. The molecular weight excluding hydrogens is 844 g/mol. The Bertz CT molecular complexity index is 2290.